The number of aliphatic hydroxyl groups excluding tert-OH is 1. The summed E-state index contributed by atoms with van der Waals surface area (Å²) in [5, 5.41) is 12.5. The molecule has 1 atom stereocenters. The van der Waals surface area contributed by atoms with E-state index in [1.807, 2.05) is 24.3 Å². The summed E-state index contributed by atoms with van der Waals surface area (Å²) in [7, 11) is 0. The smallest absolute Gasteiger partial charge is 0.277 e. The van der Waals surface area contributed by atoms with Crippen LogP contribution in [0.1, 0.15) is 56.0 Å². The third-order valence-corrected chi connectivity index (χ3v) is 6.44. The number of rotatable bonds is 6. The molecule has 0 fully saturated rings. The monoisotopic (exact) mass is 513 g/mol. The van der Waals surface area contributed by atoms with Gasteiger partial charge < -0.3 is 15.4 Å². The van der Waals surface area contributed by atoms with Crippen LogP contribution < -0.4 is 15.8 Å². The van der Waals surface area contributed by atoms with Gasteiger partial charge in [-0.1, -0.05) is 36.4 Å². The van der Waals surface area contributed by atoms with Gasteiger partial charge in [-0.15, -0.1) is 0 Å². The molecule has 1 aliphatic rings. The van der Waals surface area contributed by atoms with Crippen molar-refractivity contribution in [3.8, 4) is 0 Å². The van der Waals surface area contributed by atoms with Gasteiger partial charge in [-0.2, -0.15) is 0 Å². The van der Waals surface area contributed by atoms with Gasteiger partial charge in [-0.05, 0) is 54.3 Å². The van der Waals surface area contributed by atoms with Crippen molar-refractivity contribution in [2.45, 2.75) is 32.0 Å². The van der Waals surface area contributed by atoms with Crippen LogP contribution in [-0.4, -0.2) is 31.9 Å². The average Bonchev–Trinajstić information content (AvgIpc) is 2.95. The van der Waals surface area contributed by atoms with Crippen LogP contribution in [0.4, 0.5) is 10.1 Å². The van der Waals surface area contributed by atoms with Gasteiger partial charge in [0.2, 0.25) is 0 Å². The molecule has 4 aromatic rings. The number of nitrogens with one attached hydrogen (secondary N) is 2. The molecule has 38 heavy (non-hydrogen) atoms. The van der Waals surface area contributed by atoms with Gasteiger partial charge in [0.15, 0.2) is 0 Å². The minimum absolute atomic E-state index is 0.0644. The number of nitrogens with zero attached hydrogens (tertiary/aromatic N) is 3. The molecule has 1 aliphatic heterocycles. The van der Waals surface area contributed by atoms with E-state index in [0.717, 1.165) is 5.56 Å². The third-order valence-electron chi connectivity index (χ3n) is 6.44. The predicted molar refractivity (Wildman–Crippen MR) is 137 cm³/mol. The van der Waals surface area contributed by atoms with Gasteiger partial charge in [0, 0.05) is 18.4 Å². The Morgan fingerprint density at radius 3 is 2.58 bits per heavy atom. The molecular formula is C28H24FN5O4. The molecule has 0 radical (unpaired) electrons. The Morgan fingerprint density at radius 2 is 1.84 bits per heavy atom. The predicted octanol–water partition coefficient (Wildman–Crippen LogP) is 3.06. The van der Waals surface area contributed by atoms with E-state index in [1.165, 1.54) is 35.4 Å². The summed E-state index contributed by atoms with van der Waals surface area (Å²) < 4.78 is 13.2. The van der Waals surface area contributed by atoms with Crippen LogP contribution >= 0.6 is 0 Å². The van der Waals surface area contributed by atoms with Crippen LogP contribution in [0.2, 0.25) is 0 Å². The van der Waals surface area contributed by atoms with Crippen LogP contribution in [0.3, 0.4) is 0 Å². The summed E-state index contributed by atoms with van der Waals surface area (Å²) in [4.78, 5) is 52.6. The molecule has 9 nitrogen and oxygen atoms in total. The summed E-state index contributed by atoms with van der Waals surface area (Å²) in [6, 6.07) is 17.4. The number of carbonyl (C=O) groups excluding carboxylic acids is 2. The third kappa shape index (κ3) is 4.94. The molecule has 10 heteroatoms. The number of aromatic amines is 1. The Labute approximate surface area is 217 Å². The number of para-hydroxylation sites is 1. The van der Waals surface area contributed by atoms with Crippen LogP contribution in [0.5, 0.6) is 0 Å². The average molecular weight is 514 g/mol. The lowest BCUT2D eigenvalue weighted by Crippen LogP contribution is -2.41. The zero-order valence-electron chi connectivity index (χ0n) is 20.2. The Balaban J connectivity index is 1.52. The molecule has 0 spiro atoms. The zero-order valence-corrected chi connectivity index (χ0v) is 20.2. The summed E-state index contributed by atoms with van der Waals surface area (Å²) in [6.07, 6.45) is 2.58. The molecule has 5 rings (SSSR count). The minimum atomic E-state index is -0.702. The first kappa shape index (κ1) is 25.0. The molecule has 3 N–H and O–H groups in total. The van der Waals surface area contributed by atoms with Crippen molar-refractivity contribution < 1.29 is 19.1 Å². The number of aromatic nitrogens is 3. The van der Waals surface area contributed by atoms with E-state index in [4.69, 9.17) is 0 Å². The normalized spacial score (nSPS) is 14.6. The highest BCUT2D eigenvalue weighted by atomic mass is 19.1. The van der Waals surface area contributed by atoms with Crippen molar-refractivity contribution in [3.05, 3.63) is 123 Å². The van der Waals surface area contributed by atoms with E-state index < -0.39 is 29.9 Å². The fraction of sp³-hybridized carbons (Fsp3) is 0.179. The number of aliphatic hydroxyl groups is 1. The summed E-state index contributed by atoms with van der Waals surface area (Å²) >= 11 is 0. The molecule has 2 aromatic carbocycles. The molecule has 0 saturated carbocycles. The second kappa shape index (κ2) is 10.7. The number of halogens is 1. The summed E-state index contributed by atoms with van der Waals surface area (Å²) in [6.45, 7) is -0.638. The van der Waals surface area contributed by atoms with E-state index in [1.54, 1.807) is 18.2 Å². The molecule has 192 valence electrons. The van der Waals surface area contributed by atoms with Gasteiger partial charge in [-0.3, -0.25) is 24.3 Å². The van der Waals surface area contributed by atoms with Crippen LogP contribution in [-0.2, 0) is 19.6 Å². The zero-order chi connectivity index (χ0) is 26.6. The number of carbonyl (C=O) groups is 2. The first-order chi connectivity index (χ1) is 18.5. The Bertz CT molecular complexity index is 1540. The van der Waals surface area contributed by atoms with Gasteiger partial charge in [-0.25, -0.2) is 9.37 Å². The van der Waals surface area contributed by atoms with Crippen molar-refractivity contribution in [1.82, 2.24) is 20.3 Å². The number of hydrogen-bond donors (Lipinski definition) is 3. The number of amides is 2. The van der Waals surface area contributed by atoms with E-state index >= 15 is 0 Å². The number of pyridine rings is 1. The highest BCUT2D eigenvalue weighted by Gasteiger charge is 2.35. The molecule has 2 aromatic heterocycles. The molecule has 3 heterocycles. The van der Waals surface area contributed by atoms with Crippen LogP contribution in [0.15, 0.2) is 77.7 Å². The maximum absolute atomic E-state index is 13.7. The topological polar surface area (TPSA) is 128 Å². The van der Waals surface area contributed by atoms with E-state index in [2.05, 4.69) is 20.3 Å². The number of H-pyrrole nitrogens is 1. The van der Waals surface area contributed by atoms with Gasteiger partial charge in [0.1, 0.15) is 23.0 Å². The highest BCUT2D eigenvalue weighted by Crippen LogP contribution is 2.38. The lowest BCUT2D eigenvalue weighted by atomic mass is 9.94. The summed E-state index contributed by atoms with van der Waals surface area (Å²) in [5.74, 6) is -1.33. The van der Waals surface area contributed by atoms with Crippen molar-refractivity contribution in [3.63, 3.8) is 0 Å². The Hall–Kier alpha value is -4.70. The minimum Gasteiger partial charge on any atom is -0.391 e. The number of anilines is 1. The molecule has 1 unspecified atom stereocenters. The SMILES string of the molecule is O=C(NCc1ccc(F)cc1)c1nc(C2CCc3ccccc3N2C(=O)c2ccccn2)[nH]c(=O)c1CO. The lowest BCUT2D eigenvalue weighted by molar-refractivity contribution is 0.0941. The quantitative estimate of drug-likeness (QED) is 0.364. The molecular weight excluding hydrogens is 489 g/mol. The Kier molecular flexibility index (Phi) is 7.05. The second-order valence-electron chi connectivity index (χ2n) is 8.82. The fourth-order valence-corrected chi connectivity index (χ4v) is 4.54. The molecule has 0 saturated heterocycles. The standard InChI is InChI=1S/C28H24FN5O4/c29-19-11-8-17(9-12-19)15-31-27(37)24-20(16-35)26(36)33-25(32-24)23-13-10-18-5-1-2-7-22(18)34(23)28(38)21-6-3-4-14-30-21/h1-9,11-12,14,23,35H,10,13,15-16H2,(H,31,37)(H,32,33,36). The van der Waals surface area contributed by atoms with Crippen molar-refractivity contribution in [1.29, 1.82) is 0 Å². The fourth-order valence-electron chi connectivity index (χ4n) is 4.54. The second-order valence-corrected chi connectivity index (χ2v) is 8.82. The number of aryl methyl sites for hydroxylation is 1. The largest absolute Gasteiger partial charge is 0.391 e. The first-order valence-electron chi connectivity index (χ1n) is 12.1. The lowest BCUT2D eigenvalue weighted by Gasteiger charge is -2.36. The molecule has 0 aliphatic carbocycles. The van der Waals surface area contributed by atoms with Crippen molar-refractivity contribution >= 4 is 17.5 Å². The van der Waals surface area contributed by atoms with Crippen molar-refractivity contribution in [2.75, 3.05) is 4.90 Å². The van der Waals surface area contributed by atoms with Crippen LogP contribution in [0, 0.1) is 5.82 Å². The maximum Gasteiger partial charge on any atom is 0.277 e. The van der Waals surface area contributed by atoms with E-state index in [9.17, 15) is 23.9 Å². The van der Waals surface area contributed by atoms with Gasteiger partial charge >= 0.3 is 0 Å². The van der Waals surface area contributed by atoms with Crippen molar-refractivity contribution in [2.24, 2.45) is 0 Å². The van der Waals surface area contributed by atoms with Gasteiger partial charge in [0.25, 0.3) is 17.4 Å². The Morgan fingerprint density at radius 1 is 1.08 bits per heavy atom. The van der Waals surface area contributed by atoms with E-state index in [-0.39, 0.29) is 35.2 Å². The van der Waals surface area contributed by atoms with Gasteiger partial charge in [0.05, 0.1) is 18.2 Å². The number of hydrogen-bond acceptors (Lipinski definition) is 6. The molecule has 0 bridgehead atoms. The summed E-state index contributed by atoms with van der Waals surface area (Å²) in [5.41, 5.74) is 1.39. The number of fused-ring (bicyclic) bond motifs is 1. The maximum atomic E-state index is 13.7. The number of benzene rings is 2. The highest BCUT2D eigenvalue weighted by molar-refractivity contribution is 6.06. The van der Waals surface area contributed by atoms with Crippen LogP contribution in [0.25, 0.3) is 0 Å². The molecule has 2 amide bonds. The van der Waals surface area contributed by atoms with E-state index in [0.29, 0.717) is 24.1 Å². The first-order valence-corrected chi connectivity index (χ1v) is 12.1.